The van der Waals surface area contributed by atoms with E-state index in [1.165, 1.54) is 5.57 Å². The number of hydrazone groups is 1. The number of allylic oxidation sites excluding steroid dienone is 1. The van der Waals surface area contributed by atoms with E-state index in [1.807, 2.05) is 48.5 Å². The molecule has 0 saturated heterocycles. The molecule has 0 aromatic heterocycles. The van der Waals surface area contributed by atoms with Crippen molar-refractivity contribution < 1.29 is 14.3 Å². The molecule has 1 aliphatic heterocycles. The van der Waals surface area contributed by atoms with Gasteiger partial charge in [0.25, 0.3) is 5.91 Å². The van der Waals surface area contributed by atoms with Crippen molar-refractivity contribution in [2.75, 3.05) is 14.2 Å². The highest BCUT2D eigenvalue weighted by atomic mass is 35.5. The maximum atomic E-state index is 13.7. The minimum atomic E-state index is -0.182. The van der Waals surface area contributed by atoms with Crippen LogP contribution in [0.4, 0.5) is 0 Å². The second-order valence-electron chi connectivity index (χ2n) is 8.80. The number of ether oxygens (including phenoxy) is 2. The number of hydrogen-bond acceptors (Lipinski definition) is 4. The molecule has 1 amide bonds. The van der Waals surface area contributed by atoms with Gasteiger partial charge in [-0.1, -0.05) is 35.9 Å². The number of benzene rings is 3. The summed E-state index contributed by atoms with van der Waals surface area (Å²) in [5.41, 5.74) is 4.87. The van der Waals surface area contributed by atoms with Crippen molar-refractivity contribution in [3.8, 4) is 11.5 Å². The lowest BCUT2D eigenvalue weighted by Crippen LogP contribution is -2.31. The van der Waals surface area contributed by atoms with E-state index in [4.69, 9.17) is 26.2 Å². The molecule has 1 heterocycles. The molecule has 0 unspecified atom stereocenters. The Morgan fingerprint density at radius 3 is 2.20 bits per heavy atom. The fourth-order valence-electron chi connectivity index (χ4n) is 4.93. The minimum absolute atomic E-state index is 0.123. The summed E-state index contributed by atoms with van der Waals surface area (Å²) in [6.07, 6.45) is 5.13. The van der Waals surface area contributed by atoms with E-state index in [1.54, 1.807) is 43.5 Å². The summed E-state index contributed by atoms with van der Waals surface area (Å²) in [6.45, 7) is 0. The fourth-order valence-corrected chi connectivity index (χ4v) is 5.05. The molecule has 5 nitrogen and oxygen atoms in total. The predicted molar refractivity (Wildman–Crippen MR) is 139 cm³/mol. The van der Waals surface area contributed by atoms with Crippen molar-refractivity contribution in [2.45, 2.75) is 25.3 Å². The van der Waals surface area contributed by atoms with E-state index < -0.39 is 0 Å². The summed E-state index contributed by atoms with van der Waals surface area (Å²) in [5, 5.41) is 7.23. The minimum Gasteiger partial charge on any atom is -0.497 e. The molecule has 1 aliphatic carbocycles. The van der Waals surface area contributed by atoms with Crippen LogP contribution in [-0.4, -0.2) is 30.8 Å². The van der Waals surface area contributed by atoms with Crippen LogP contribution in [0.2, 0.25) is 5.02 Å². The van der Waals surface area contributed by atoms with Gasteiger partial charge in [0.2, 0.25) is 0 Å². The summed E-state index contributed by atoms with van der Waals surface area (Å²) >= 11 is 6.06. The number of rotatable bonds is 5. The molecular formula is C29H27ClN2O3. The Kier molecular flexibility index (Phi) is 6.60. The second kappa shape index (κ2) is 9.96. The van der Waals surface area contributed by atoms with E-state index in [-0.39, 0.29) is 17.9 Å². The molecule has 0 N–H and O–H groups in total. The average Bonchev–Trinajstić information content (AvgIpc) is 3.30. The molecule has 1 saturated carbocycles. The highest BCUT2D eigenvalue weighted by Gasteiger charge is 2.43. The Balaban J connectivity index is 1.55. The number of methoxy groups -OCH3 is 2. The van der Waals surface area contributed by atoms with E-state index in [9.17, 15) is 4.79 Å². The van der Waals surface area contributed by atoms with E-state index in [0.717, 1.165) is 47.6 Å². The summed E-state index contributed by atoms with van der Waals surface area (Å²) in [6, 6.07) is 22.8. The van der Waals surface area contributed by atoms with Crippen LogP contribution in [0, 0.1) is 5.92 Å². The molecule has 5 rings (SSSR count). The highest BCUT2D eigenvalue weighted by molar-refractivity contribution is 6.30. The van der Waals surface area contributed by atoms with Crippen molar-refractivity contribution in [1.29, 1.82) is 0 Å². The smallest absolute Gasteiger partial charge is 0.274 e. The van der Waals surface area contributed by atoms with Gasteiger partial charge in [-0.3, -0.25) is 4.79 Å². The molecule has 35 heavy (non-hydrogen) atoms. The van der Waals surface area contributed by atoms with Crippen LogP contribution in [0.25, 0.3) is 6.08 Å². The predicted octanol–water partition coefficient (Wildman–Crippen LogP) is 6.79. The number of amides is 1. The second-order valence-corrected chi connectivity index (χ2v) is 9.24. The van der Waals surface area contributed by atoms with Gasteiger partial charge in [-0.05, 0) is 90.6 Å². The van der Waals surface area contributed by atoms with Crippen LogP contribution >= 0.6 is 11.6 Å². The number of carbonyl (C=O) groups is 1. The molecule has 0 spiro atoms. The van der Waals surface area contributed by atoms with Gasteiger partial charge in [-0.2, -0.15) is 5.10 Å². The van der Waals surface area contributed by atoms with Gasteiger partial charge in [0.15, 0.2) is 0 Å². The first-order valence-electron chi connectivity index (χ1n) is 11.7. The van der Waals surface area contributed by atoms with Crippen LogP contribution in [-0.2, 0) is 0 Å². The third-order valence-electron chi connectivity index (χ3n) is 6.71. The Bertz CT molecular complexity index is 1260. The first kappa shape index (κ1) is 23.2. The number of fused-ring (bicyclic) bond motifs is 1. The summed E-state index contributed by atoms with van der Waals surface area (Å²) in [7, 11) is 3.32. The monoisotopic (exact) mass is 486 g/mol. The van der Waals surface area contributed by atoms with Crippen molar-refractivity contribution >= 4 is 29.3 Å². The van der Waals surface area contributed by atoms with E-state index >= 15 is 0 Å². The van der Waals surface area contributed by atoms with Gasteiger partial charge < -0.3 is 9.47 Å². The molecule has 0 radical (unpaired) electrons. The molecule has 1 fully saturated rings. The molecular weight excluding hydrogens is 460 g/mol. The lowest BCUT2D eigenvalue weighted by atomic mass is 9.77. The van der Waals surface area contributed by atoms with Gasteiger partial charge in [0, 0.05) is 16.5 Å². The Hall–Kier alpha value is -3.57. The Labute approximate surface area is 210 Å². The summed E-state index contributed by atoms with van der Waals surface area (Å²) < 4.78 is 10.6. The number of halogens is 1. The topological polar surface area (TPSA) is 51.1 Å². The highest BCUT2D eigenvalue weighted by Crippen LogP contribution is 2.45. The zero-order valence-electron chi connectivity index (χ0n) is 19.8. The third kappa shape index (κ3) is 4.69. The van der Waals surface area contributed by atoms with Gasteiger partial charge >= 0.3 is 0 Å². The molecule has 178 valence electrons. The van der Waals surface area contributed by atoms with Crippen LogP contribution < -0.4 is 9.47 Å². The van der Waals surface area contributed by atoms with Gasteiger partial charge in [-0.15, -0.1) is 0 Å². The lowest BCUT2D eigenvalue weighted by Gasteiger charge is -2.29. The van der Waals surface area contributed by atoms with Gasteiger partial charge in [0.05, 0.1) is 26.0 Å². The molecule has 2 atom stereocenters. The molecule has 3 aromatic rings. The van der Waals surface area contributed by atoms with Gasteiger partial charge in [0.1, 0.15) is 11.5 Å². The first-order valence-corrected chi connectivity index (χ1v) is 12.1. The average molecular weight is 487 g/mol. The molecule has 0 bridgehead atoms. The normalized spacial score (nSPS) is 20.4. The summed E-state index contributed by atoms with van der Waals surface area (Å²) in [5.74, 6) is 1.60. The zero-order valence-corrected chi connectivity index (χ0v) is 20.5. The summed E-state index contributed by atoms with van der Waals surface area (Å²) in [4.78, 5) is 13.7. The first-order chi connectivity index (χ1) is 17.1. The largest absolute Gasteiger partial charge is 0.497 e. The number of carbonyl (C=O) groups excluding carboxylic acids is 1. The maximum Gasteiger partial charge on any atom is 0.274 e. The van der Waals surface area contributed by atoms with E-state index in [0.29, 0.717) is 10.6 Å². The molecule has 6 heteroatoms. The molecule has 2 aliphatic rings. The van der Waals surface area contributed by atoms with Crippen molar-refractivity contribution in [2.24, 2.45) is 11.0 Å². The van der Waals surface area contributed by atoms with E-state index in [2.05, 4.69) is 6.08 Å². The van der Waals surface area contributed by atoms with Crippen molar-refractivity contribution in [1.82, 2.24) is 5.01 Å². The fraction of sp³-hybridized carbons (Fsp3) is 0.241. The van der Waals surface area contributed by atoms with Crippen molar-refractivity contribution in [3.05, 3.63) is 100 Å². The maximum absolute atomic E-state index is 13.7. The third-order valence-corrected chi connectivity index (χ3v) is 6.97. The van der Waals surface area contributed by atoms with Gasteiger partial charge in [-0.25, -0.2) is 5.01 Å². The Morgan fingerprint density at radius 1 is 0.943 bits per heavy atom. The zero-order chi connectivity index (χ0) is 24.4. The lowest BCUT2D eigenvalue weighted by molar-refractivity contribution is 0.0681. The Morgan fingerprint density at radius 2 is 1.57 bits per heavy atom. The number of nitrogens with zero attached hydrogens (tertiary/aromatic N) is 2. The van der Waals surface area contributed by atoms with Crippen LogP contribution in [0.1, 0.15) is 46.8 Å². The SMILES string of the molecule is COc1ccc(/C=C2\CCC[C@@H]3C2=NN(C(=O)c2ccc(Cl)cc2)[C@H]3c2ccc(OC)cc2)cc1. The quantitative estimate of drug-likeness (QED) is 0.398. The van der Waals surface area contributed by atoms with Crippen LogP contribution in [0.15, 0.2) is 83.5 Å². The van der Waals surface area contributed by atoms with Crippen LogP contribution in [0.3, 0.4) is 0 Å². The van der Waals surface area contributed by atoms with Crippen molar-refractivity contribution in [3.63, 3.8) is 0 Å². The van der Waals surface area contributed by atoms with Crippen LogP contribution in [0.5, 0.6) is 11.5 Å². The number of hydrogen-bond donors (Lipinski definition) is 0. The standard InChI is InChI=1S/C29H27ClN2O3/c1-34-24-14-6-19(7-15-24)18-22-4-3-5-26-27(22)31-32(29(33)21-8-12-23(30)13-9-21)28(26)20-10-16-25(35-2)17-11-20/h6-18,26,28H,3-5H2,1-2H3/b22-18+/t26-,28+/m1/s1. The molecule has 3 aromatic carbocycles.